The molecule has 0 spiro atoms. The molecule has 0 unspecified atom stereocenters. The van der Waals surface area contributed by atoms with E-state index in [2.05, 4.69) is 200 Å². The molecule has 0 amide bonds. The molecular formula is C60H35B2N5O2S2. The SMILES string of the molecule is c1ccc(-c2cc3c(s2)B2c4cc5c6cc7c(cc6n(-c6ccccc6)c5cc4Oc4cccc(c42)N3c2cccnc2)Oc2cccc3c2B7c2sc(-c4ccccc4)cc2N3c2cccnc2)cc1. The molecule has 5 aromatic heterocycles. The number of fused-ring (bicyclic) bond motifs is 11. The minimum absolute atomic E-state index is 0.0767. The quantitative estimate of drug-likeness (QED) is 0.160. The normalized spacial score (nSPS) is 13.5. The summed E-state index contributed by atoms with van der Waals surface area (Å²) in [7, 11) is 0. The lowest BCUT2D eigenvalue weighted by Gasteiger charge is -2.38. The lowest BCUT2D eigenvalue weighted by molar-refractivity contribution is 0.488. The molecule has 0 atom stereocenters. The molecule has 71 heavy (non-hydrogen) atoms. The van der Waals surface area contributed by atoms with Crippen LogP contribution in [-0.4, -0.2) is 28.0 Å². The van der Waals surface area contributed by atoms with Crippen molar-refractivity contribution in [1.29, 1.82) is 0 Å². The van der Waals surface area contributed by atoms with Crippen LogP contribution in [0.5, 0.6) is 23.0 Å². The number of benzene rings is 7. The first-order valence-electron chi connectivity index (χ1n) is 23.8. The Morgan fingerprint density at radius 3 is 1.30 bits per heavy atom. The van der Waals surface area contributed by atoms with Gasteiger partial charge in [0.05, 0.1) is 46.2 Å². The highest BCUT2D eigenvalue weighted by Crippen LogP contribution is 2.48. The number of thiophene rings is 2. The summed E-state index contributed by atoms with van der Waals surface area (Å²) in [5.74, 6) is 3.46. The molecular weight excluding hydrogens is 908 g/mol. The van der Waals surface area contributed by atoms with Gasteiger partial charge in [-0.1, -0.05) is 103 Å². The number of aromatic nitrogens is 3. The van der Waals surface area contributed by atoms with E-state index < -0.39 is 0 Å². The topological polar surface area (TPSA) is 55.6 Å². The number of nitrogens with zero attached hydrogens (tertiary/aromatic N) is 5. The number of para-hydroxylation sites is 1. The van der Waals surface area contributed by atoms with Gasteiger partial charge in [-0.25, -0.2) is 0 Å². The highest BCUT2D eigenvalue weighted by atomic mass is 32.1. The summed E-state index contributed by atoms with van der Waals surface area (Å²) in [4.78, 5) is 16.4. The summed E-state index contributed by atoms with van der Waals surface area (Å²) < 4.78 is 19.2. The van der Waals surface area contributed by atoms with Crippen LogP contribution in [0.1, 0.15) is 0 Å². The van der Waals surface area contributed by atoms with Gasteiger partial charge in [0.2, 0.25) is 0 Å². The van der Waals surface area contributed by atoms with Crippen molar-refractivity contribution in [3.63, 3.8) is 0 Å². The van der Waals surface area contributed by atoms with Crippen LogP contribution in [0, 0.1) is 0 Å². The minimum atomic E-state index is -0.0767. The van der Waals surface area contributed by atoms with Crippen molar-refractivity contribution < 1.29 is 9.47 Å². The molecule has 0 saturated carbocycles. The zero-order valence-corrected chi connectivity index (χ0v) is 39.4. The van der Waals surface area contributed by atoms with Crippen molar-refractivity contribution in [1.82, 2.24) is 14.5 Å². The Morgan fingerprint density at radius 2 is 0.845 bits per heavy atom. The predicted molar refractivity (Wildman–Crippen MR) is 295 cm³/mol. The number of ether oxygens (including phenoxy) is 2. The van der Waals surface area contributed by atoms with E-state index in [-0.39, 0.29) is 13.4 Å². The highest BCUT2D eigenvalue weighted by molar-refractivity contribution is 7.31. The van der Waals surface area contributed by atoms with Crippen molar-refractivity contribution in [2.24, 2.45) is 0 Å². The Balaban J connectivity index is 0.954. The maximum absolute atomic E-state index is 7.15. The average molecular weight is 944 g/mol. The van der Waals surface area contributed by atoms with Gasteiger partial charge in [-0.15, -0.1) is 22.7 Å². The molecule has 16 rings (SSSR count). The van der Waals surface area contributed by atoms with Gasteiger partial charge in [0.15, 0.2) is 0 Å². The molecule has 330 valence electrons. The lowest BCUT2D eigenvalue weighted by Crippen LogP contribution is -2.58. The molecule has 0 radical (unpaired) electrons. The number of anilines is 6. The number of hydrogen-bond acceptors (Lipinski definition) is 8. The van der Waals surface area contributed by atoms with Crippen LogP contribution in [0.2, 0.25) is 0 Å². The monoisotopic (exact) mass is 943 g/mol. The van der Waals surface area contributed by atoms with E-state index in [9.17, 15) is 0 Å². The molecule has 7 aromatic carbocycles. The molecule has 9 heterocycles. The minimum Gasteiger partial charge on any atom is -0.458 e. The number of pyridine rings is 2. The molecule has 12 aromatic rings. The Bertz CT molecular complexity index is 3900. The van der Waals surface area contributed by atoms with Crippen molar-refractivity contribution in [3.05, 3.63) is 213 Å². The van der Waals surface area contributed by atoms with Gasteiger partial charge in [0, 0.05) is 71.7 Å². The second-order valence-electron chi connectivity index (χ2n) is 18.5. The van der Waals surface area contributed by atoms with Gasteiger partial charge in [-0.05, 0) is 106 Å². The van der Waals surface area contributed by atoms with Crippen molar-refractivity contribution in [2.45, 2.75) is 0 Å². The fourth-order valence-electron chi connectivity index (χ4n) is 11.7. The molecule has 0 aliphatic carbocycles. The smallest absolute Gasteiger partial charge is 0.268 e. The Hall–Kier alpha value is -8.63. The summed E-state index contributed by atoms with van der Waals surface area (Å²) in [5.41, 5.74) is 16.8. The first kappa shape index (κ1) is 39.2. The van der Waals surface area contributed by atoms with Crippen LogP contribution in [0.3, 0.4) is 0 Å². The van der Waals surface area contributed by atoms with E-state index in [1.54, 1.807) is 0 Å². The van der Waals surface area contributed by atoms with Gasteiger partial charge in [0.1, 0.15) is 23.0 Å². The fourth-order valence-corrected chi connectivity index (χ4v) is 14.3. The first-order valence-corrected chi connectivity index (χ1v) is 25.5. The molecule has 7 nitrogen and oxygen atoms in total. The second-order valence-corrected chi connectivity index (χ2v) is 20.6. The number of hydrogen-bond donors (Lipinski definition) is 0. The van der Waals surface area contributed by atoms with E-state index in [1.165, 1.54) is 41.4 Å². The zero-order chi connectivity index (χ0) is 46.3. The fraction of sp³-hybridized carbons (Fsp3) is 0. The van der Waals surface area contributed by atoms with E-state index in [0.717, 1.165) is 95.5 Å². The third-order valence-electron chi connectivity index (χ3n) is 14.7. The summed E-state index contributed by atoms with van der Waals surface area (Å²) in [6.07, 6.45) is 7.59. The van der Waals surface area contributed by atoms with Crippen LogP contribution in [0.25, 0.3) is 48.4 Å². The third kappa shape index (κ3) is 5.67. The van der Waals surface area contributed by atoms with Gasteiger partial charge in [-0.3, -0.25) is 9.97 Å². The van der Waals surface area contributed by atoms with Crippen molar-refractivity contribution >= 4 is 123 Å². The molecule has 4 aliphatic heterocycles. The van der Waals surface area contributed by atoms with Crippen molar-refractivity contribution in [3.8, 4) is 49.6 Å². The van der Waals surface area contributed by atoms with E-state index in [4.69, 9.17) is 9.47 Å². The van der Waals surface area contributed by atoms with Gasteiger partial charge in [0.25, 0.3) is 13.4 Å². The van der Waals surface area contributed by atoms with Crippen LogP contribution in [0.4, 0.5) is 34.1 Å². The lowest BCUT2D eigenvalue weighted by atomic mass is 9.36. The maximum atomic E-state index is 7.15. The van der Waals surface area contributed by atoms with E-state index in [0.29, 0.717) is 0 Å². The Kier molecular flexibility index (Phi) is 8.26. The number of rotatable bonds is 5. The maximum Gasteiger partial charge on any atom is 0.268 e. The molecule has 0 N–H and O–H groups in total. The third-order valence-corrected chi connectivity index (χ3v) is 17.1. The predicted octanol–water partition coefficient (Wildman–Crippen LogP) is 11.8. The largest absolute Gasteiger partial charge is 0.458 e. The van der Waals surface area contributed by atoms with Crippen LogP contribution in [0.15, 0.2) is 213 Å². The summed E-state index contributed by atoms with van der Waals surface area (Å²) in [6, 6.07) is 67.6. The standard InChI is InChI=1S/C60H35B2N5O2S2/c1-4-14-36(15-5-1)55-32-49-59(70-55)61-43-28-41-42-29-44-54(69-52-25-11-23-46-58(52)62(44)60-50(67(46)40-21-13-27-64-35-40)33-56(71-60)37-16-6-2-7-17-37)31-48(42)65(38-18-8-3-9-19-38)47(41)30-53(43)68-51-24-10-22-45(57(51)61)66(49)39-20-12-26-63-34-39/h1-35H. The molecule has 0 saturated heterocycles. The molecule has 0 fully saturated rings. The van der Waals surface area contributed by atoms with Crippen molar-refractivity contribution in [2.75, 3.05) is 9.80 Å². The van der Waals surface area contributed by atoms with E-state index >= 15 is 0 Å². The Morgan fingerprint density at radius 1 is 0.394 bits per heavy atom. The van der Waals surface area contributed by atoms with Crippen LogP contribution >= 0.6 is 22.7 Å². The van der Waals surface area contributed by atoms with Gasteiger partial charge >= 0.3 is 0 Å². The van der Waals surface area contributed by atoms with E-state index in [1.807, 2.05) is 59.6 Å². The molecule has 11 heteroatoms. The van der Waals surface area contributed by atoms with Crippen LogP contribution < -0.4 is 50.7 Å². The average Bonchev–Trinajstić information content (AvgIpc) is 4.16. The zero-order valence-electron chi connectivity index (χ0n) is 37.7. The Labute approximate surface area is 417 Å². The highest BCUT2D eigenvalue weighted by Gasteiger charge is 2.46. The summed E-state index contributed by atoms with van der Waals surface area (Å²) in [5, 5.41) is 2.32. The summed E-state index contributed by atoms with van der Waals surface area (Å²) >= 11 is 3.74. The molecule has 4 aliphatic rings. The second kappa shape index (κ2) is 14.9. The van der Waals surface area contributed by atoms with Gasteiger partial charge < -0.3 is 23.8 Å². The molecule has 0 bridgehead atoms. The first-order chi connectivity index (χ1) is 35.2. The summed E-state index contributed by atoms with van der Waals surface area (Å²) in [6.45, 7) is -0.153. The van der Waals surface area contributed by atoms with Gasteiger partial charge in [-0.2, -0.15) is 0 Å². The van der Waals surface area contributed by atoms with Crippen LogP contribution in [-0.2, 0) is 0 Å².